The molecule has 1 rings (SSSR count). The van der Waals surface area contributed by atoms with Gasteiger partial charge < -0.3 is 10.1 Å². The van der Waals surface area contributed by atoms with Crippen LogP contribution in [0.5, 0.6) is 0 Å². The molecule has 0 saturated carbocycles. The van der Waals surface area contributed by atoms with E-state index in [1.54, 1.807) is 27.7 Å². The summed E-state index contributed by atoms with van der Waals surface area (Å²) in [5, 5.41) is 2.50. The van der Waals surface area contributed by atoms with Crippen molar-refractivity contribution >= 4 is 23.6 Å². The molecule has 1 aromatic heterocycles. The second-order valence-electron chi connectivity index (χ2n) is 4.52. The van der Waals surface area contributed by atoms with E-state index >= 15 is 0 Å². The summed E-state index contributed by atoms with van der Waals surface area (Å²) in [5.41, 5.74) is -0.372. The first-order valence-electron chi connectivity index (χ1n) is 5.11. The molecule has 1 aromatic rings. The quantitative estimate of drug-likeness (QED) is 0.817. The van der Waals surface area contributed by atoms with Crippen LogP contribution < -0.4 is 5.32 Å². The fourth-order valence-corrected chi connectivity index (χ4v) is 1.40. The molecule has 0 spiro atoms. The van der Waals surface area contributed by atoms with E-state index in [2.05, 4.69) is 14.1 Å². The van der Waals surface area contributed by atoms with E-state index in [0.29, 0.717) is 0 Å². The average Bonchev–Trinajstić information content (AvgIpc) is 2.67. The van der Waals surface area contributed by atoms with E-state index in [4.69, 9.17) is 4.74 Å². The Balaban J connectivity index is 2.52. The largest absolute Gasteiger partial charge is 0.458 e. The van der Waals surface area contributed by atoms with E-state index in [0.717, 1.165) is 11.7 Å². The fourth-order valence-electron chi connectivity index (χ4n) is 0.984. The van der Waals surface area contributed by atoms with E-state index < -0.39 is 23.5 Å². The van der Waals surface area contributed by atoms with Crippen LogP contribution in [-0.2, 0) is 9.53 Å². The van der Waals surface area contributed by atoms with Crippen molar-refractivity contribution in [3.8, 4) is 0 Å². The molecular weight excluding hydrogens is 242 g/mol. The Hall–Kier alpha value is -1.50. The Morgan fingerprint density at radius 1 is 1.47 bits per heavy atom. The molecule has 1 amide bonds. The van der Waals surface area contributed by atoms with Gasteiger partial charge in [0.1, 0.15) is 11.6 Å². The van der Waals surface area contributed by atoms with Crippen molar-refractivity contribution in [2.24, 2.45) is 0 Å². The van der Waals surface area contributed by atoms with Crippen LogP contribution >= 0.6 is 11.7 Å². The SMILES string of the molecule is C[C@H](NC(=O)c1cnsn1)C(=O)OC(C)(C)C. The van der Waals surface area contributed by atoms with Crippen molar-refractivity contribution in [1.29, 1.82) is 0 Å². The Bertz CT molecular complexity index is 397. The molecule has 17 heavy (non-hydrogen) atoms. The number of carbonyl (C=O) groups excluding carboxylic acids is 2. The average molecular weight is 257 g/mol. The Morgan fingerprint density at radius 2 is 2.12 bits per heavy atom. The summed E-state index contributed by atoms with van der Waals surface area (Å²) in [4.78, 5) is 23.2. The first-order chi connectivity index (χ1) is 7.79. The number of esters is 1. The van der Waals surface area contributed by atoms with Crippen molar-refractivity contribution in [1.82, 2.24) is 14.1 Å². The lowest BCUT2D eigenvalue weighted by molar-refractivity contribution is -0.156. The first-order valence-corrected chi connectivity index (χ1v) is 5.84. The molecule has 0 bridgehead atoms. The molecule has 7 heteroatoms. The Labute approximate surface area is 104 Å². The number of nitrogens with one attached hydrogen (secondary N) is 1. The van der Waals surface area contributed by atoms with Crippen molar-refractivity contribution in [3.63, 3.8) is 0 Å². The normalized spacial score (nSPS) is 12.9. The monoisotopic (exact) mass is 257 g/mol. The van der Waals surface area contributed by atoms with Gasteiger partial charge in [-0.1, -0.05) is 0 Å². The summed E-state index contributed by atoms with van der Waals surface area (Å²) in [7, 11) is 0. The van der Waals surface area contributed by atoms with Crippen molar-refractivity contribution in [2.45, 2.75) is 39.3 Å². The lowest BCUT2D eigenvalue weighted by Crippen LogP contribution is -2.42. The van der Waals surface area contributed by atoms with Crippen LogP contribution in [-0.4, -0.2) is 32.3 Å². The minimum absolute atomic E-state index is 0.199. The molecule has 6 nitrogen and oxygen atoms in total. The summed E-state index contributed by atoms with van der Waals surface area (Å²) < 4.78 is 12.6. The van der Waals surface area contributed by atoms with Gasteiger partial charge in [0.25, 0.3) is 5.91 Å². The van der Waals surface area contributed by atoms with Crippen LogP contribution in [0.25, 0.3) is 0 Å². The van der Waals surface area contributed by atoms with Gasteiger partial charge in [0, 0.05) is 0 Å². The summed E-state index contributed by atoms with van der Waals surface area (Å²) >= 11 is 0.936. The highest BCUT2D eigenvalue weighted by Gasteiger charge is 2.23. The molecule has 0 saturated heterocycles. The van der Waals surface area contributed by atoms with E-state index in [1.807, 2.05) is 0 Å². The zero-order chi connectivity index (χ0) is 13.1. The standard InChI is InChI=1S/C10H15N3O3S/c1-6(9(15)16-10(2,3)4)12-8(14)7-5-11-17-13-7/h5-6H,1-4H3,(H,12,14)/t6-/m0/s1. The molecule has 0 radical (unpaired) electrons. The number of ether oxygens (including phenoxy) is 1. The van der Waals surface area contributed by atoms with Gasteiger partial charge in [-0.05, 0) is 27.7 Å². The number of rotatable bonds is 3. The summed E-state index contributed by atoms with van der Waals surface area (Å²) in [6, 6.07) is -0.719. The fraction of sp³-hybridized carbons (Fsp3) is 0.600. The van der Waals surface area contributed by atoms with Crippen LogP contribution in [0.4, 0.5) is 0 Å². The van der Waals surface area contributed by atoms with Crippen molar-refractivity contribution in [3.05, 3.63) is 11.9 Å². The topological polar surface area (TPSA) is 81.2 Å². The molecule has 0 unspecified atom stereocenters. The van der Waals surface area contributed by atoms with Gasteiger partial charge in [-0.3, -0.25) is 4.79 Å². The van der Waals surface area contributed by atoms with Gasteiger partial charge in [-0.2, -0.15) is 8.75 Å². The predicted molar refractivity (Wildman–Crippen MR) is 62.7 cm³/mol. The third-order valence-electron chi connectivity index (χ3n) is 1.70. The lowest BCUT2D eigenvalue weighted by atomic mass is 10.2. The molecule has 0 aliphatic heterocycles. The first kappa shape index (κ1) is 13.6. The third kappa shape index (κ3) is 4.48. The third-order valence-corrected chi connectivity index (χ3v) is 2.18. The number of nitrogens with zero attached hydrogens (tertiary/aromatic N) is 2. The zero-order valence-electron chi connectivity index (χ0n) is 10.2. The molecule has 0 aliphatic rings. The predicted octanol–water partition coefficient (Wildman–Crippen LogP) is 0.998. The minimum atomic E-state index is -0.719. The molecule has 1 N–H and O–H groups in total. The Morgan fingerprint density at radius 3 is 2.59 bits per heavy atom. The Kier molecular flexibility index (Phi) is 4.17. The minimum Gasteiger partial charge on any atom is -0.458 e. The maximum atomic E-state index is 11.6. The summed E-state index contributed by atoms with van der Waals surface area (Å²) in [6.45, 7) is 6.86. The lowest BCUT2D eigenvalue weighted by Gasteiger charge is -2.22. The summed E-state index contributed by atoms with van der Waals surface area (Å²) in [5.74, 6) is -0.911. The highest BCUT2D eigenvalue weighted by atomic mass is 32.1. The molecule has 1 atom stereocenters. The highest BCUT2D eigenvalue weighted by molar-refractivity contribution is 6.99. The maximum absolute atomic E-state index is 11.6. The number of carbonyl (C=O) groups is 2. The number of hydrogen-bond donors (Lipinski definition) is 1. The number of amides is 1. The smallest absolute Gasteiger partial charge is 0.328 e. The molecule has 0 aromatic carbocycles. The van der Waals surface area contributed by atoms with Crippen LogP contribution in [0, 0.1) is 0 Å². The molecule has 1 heterocycles. The van der Waals surface area contributed by atoms with Gasteiger partial charge in [-0.15, -0.1) is 0 Å². The van der Waals surface area contributed by atoms with Crippen LogP contribution in [0.1, 0.15) is 38.2 Å². The van der Waals surface area contributed by atoms with E-state index in [9.17, 15) is 9.59 Å². The van der Waals surface area contributed by atoms with Gasteiger partial charge in [-0.25, -0.2) is 4.79 Å². The molecular formula is C10H15N3O3S. The molecule has 0 fully saturated rings. The van der Waals surface area contributed by atoms with Crippen LogP contribution in [0.3, 0.4) is 0 Å². The highest BCUT2D eigenvalue weighted by Crippen LogP contribution is 2.08. The molecule has 0 aliphatic carbocycles. The zero-order valence-corrected chi connectivity index (χ0v) is 11.0. The second kappa shape index (κ2) is 5.22. The van der Waals surface area contributed by atoms with Gasteiger partial charge in [0.2, 0.25) is 0 Å². The number of hydrogen-bond acceptors (Lipinski definition) is 6. The van der Waals surface area contributed by atoms with Crippen molar-refractivity contribution < 1.29 is 14.3 Å². The maximum Gasteiger partial charge on any atom is 0.328 e. The van der Waals surface area contributed by atoms with Gasteiger partial charge >= 0.3 is 5.97 Å². The second-order valence-corrected chi connectivity index (χ2v) is 5.08. The van der Waals surface area contributed by atoms with Gasteiger partial charge in [0.15, 0.2) is 5.69 Å². The number of aromatic nitrogens is 2. The van der Waals surface area contributed by atoms with Crippen molar-refractivity contribution in [2.75, 3.05) is 0 Å². The van der Waals surface area contributed by atoms with Gasteiger partial charge in [0.05, 0.1) is 17.9 Å². The molecule has 94 valence electrons. The van der Waals surface area contributed by atoms with E-state index in [-0.39, 0.29) is 5.69 Å². The van der Waals surface area contributed by atoms with E-state index in [1.165, 1.54) is 6.20 Å². The summed E-state index contributed by atoms with van der Waals surface area (Å²) in [6.07, 6.45) is 1.35. The van der Waals surface area contributed by atoms with Crippen LogP contribution in [0.2, 0.25) is 0 Å². The van der Waals surface area contributed by atoms with Crippen LogP contribution in [0.15, 0.2) is 6.20 Å².